The lowest BCUT2D eigenvalue weighted by atomic mass is 9.73. The summed E-state index contributed by atoms with van der Waals surface area (Å²) in [6, 6.07) is 14.3. The van der Waals surface area contributed by atoms with Gasteiger partial charge in [0.25, 0.3) is 0 Å². The highest BCUT2D eigenvalue weighted by atomic mass is 32.2. The molecule has 9 heteroatoms. The van der Waals surface area contributed by atoms with Crippen LogP contribution < -0.4 is 10.5 Å². The van der Waals surface area contributed by atoms with Crippen molar-refractivity contribution >= 4 is 21.8 Å². The number of ether oxygens (including phenoxy) is 1. The van der Waals surface area contributed by atoms with Crippen LogP contribution in [0.3, 0.4) is 0 Å². The number of carbonyl (C=O) groups excluding carboxylic acids is 2. The van der Waals surface area contributed by atoms with Crippen molar-refractivity contribution in [3.63, 3.8) is 0 Å². The minimum atomic E-state index is -3.47. The average Bonchev–Trinajstić information content (AvgIpc) is 3.35. The Hall–Kier alpha value is -2.91. The monoisotopic (exact) mass is 483 g/mol. The van der Waals surface area contributed by atoms with E-state index in [4.69, 9.17) is 10.5 Å². The average molecular weight is 484 g/mol. The molecule has 2 N–H and O–H groups in total. The number of primary amides is 1. The lowest BCUT2D eigenvalue weighted by Gasteiger charge is -2.52. The van der Waals surface area contributed by atoms with Gasteiger partial charge >= 0.3 is 0 Å². The van der Waals surface area contributed by atoms with Gasteiger partial charge in [-0.3, -0.25) is 9.59 Å². The Morgan fingerprint density at radius 2 is 1.79 bits per heavy atom. The van der Waals surface area contributed by atoms with Crippen molar-refractivity contribution in [2.45, 2.75) is 49.1 Å². The van der Waals surface area contributed by atoms with Crippen LogP contribution in [0.4, 0.5) is 0 Å². The van der Waals surface area contributed by atoms with E-state index in [0.717, 1.165) is 24.0 Å². The highest BCUT2D eigenvalue weighted by Gasteiger charge is 2.55. The van der Waals surface area contributed by atoms with E-state index in [0.29, 0.717) is 38.2 Å². The fraction of sp³-hybridized carbons (Fsp3) is 0.440. The lowest BCUT2D eigenvalue weighted by Crippen LogP contribution is -2.64. The number of piperidine rings is 1. The third-order valence-electron chi connectivity index (χ3n) is 7.31. The molecule has 34 heavy (non-hydrogen) atoms. The maximum absolute atomic E-state index is 13.4. The summed E-state index contributed by atoms with van der Waals surface area (Å²) in [4.78, 5) is 27.6. The minimum Gasteiger partial charge on any atom is -0.468 e. The van der Waals surface area contributed by atoms with Crippen LogP contribution in [0.25, 0.3) is 0 Å². The van der Waals surface area contributed by atoms with Crippen molar-refractivity contribution in [1.29, 1.82) is 0 Å². The molecule has 0 spiro atoms. The van der Waals surface area contributed by atoms with E-state index >= 15 is 0 Å². The maximum Gasteiger partial charge on any atom is 0.243 e. The van der Waals surface area contributed by atoms with Crippen molar-refractivity contribution in [3.8, 4) is 5.75 Å². The molecule has 3 heterocycles. The number of nitrogens with two attached hydrogens (primary N) is 1. The highest BCUT2D eigenvalue weighted by molar-refractivity contribution is 7.89. The first-order valence-electron chi connectivity index (χ1n) is 11.7. The van der Waals surface area contributed by atoms with Crippen LogP contribution in [0.5, 0.6) is 5.75 Å². The van der Waals surface area contributed by atoms with E-state index < -0.39 is 27.6 Å². The van der Waals surface area contributed by atoms with Gasteiger partial charge in [-0.2, -0.15) is 4.31 Å². The predicted octanol–water partition coefficient (Wildman–Crippen LogP) is 2.24. The van der Waals surface area contributed by atoms with Crippen molar-refractivity contribution < 1.29 is 22.7 Å². The third kappa shape index (κ3) is 3.76. The van der Waals surface area contributed by atoms with Gasteiger partial charge in [-0.1, -0.05) is 30.3 Å². The molecule has 2 aromatic rings. The summed E-state index contributed by atoms with van der Waals surface area (Å²) in [6.45, 7) is 3.32. The Labute approximate surface area is 199 Å². The number of fused-ring (bicyclic) bond motifs is 4. The van der Waals surface area contributed by atoms with Crippen molar-refractivity contribution in [2.24, 2.45) is 11.7 Å². The lowest BCUT2D eigenvalue weighted by molar-refractivity contribution is -0.175. The molecule has 2 aromatic carbocycles. The van der Waals surface area contributed by atoms with Gasteiger partial charge in [0.1, 0.15) is 11.7 Å². The van der Waals surface area contributed by atoms with Crippen molar-refractivity contribution in [1.82, 2.24) is 9.21 Å². The predicted molar refractivity (Wildman–Crippen MR) is 125 cm³/mol. The molecule has 5 rings (SSSR count). The van der Waals surface area contributed by atoms with Crippen LogP contribution in [-0.2, 0) is 26.0 Å². The number of rotatable bonds is 6. The molecule has 3 aliphatic rings. The van der Waals surface area contributed by atoms with Gasteiger partial charge in [-0.15, -0.1) is 0 Å². The molecule has 0 unspecified atom stereocenters. The smallest absolute Gasteiger partial charge is 0.243 e. The summed E-state index contributed by atoms with van der Waals surface area (Å²) in [6.07, 6.45) is 2.75. The van der Waals surface area contributed by atoms with Gasteiger partial charge in [0.2, 0.25) is 21.8 Å². The van der Waals surface area contributed by atoms with Gasteiger partial charge < -0.3 is 15.4 Å². The summed E-state index contributed by atoms with van der Waals surface area (Å²) in [5.74, 6) is -1.54. The molecule has 8 nitrogen and oxygen atoms in total. The Balaban J connectivity index is 1.36. The van der Waals surface area contributed by atoms with Crippen LogP contribution in [0.1, 0.15) is 43.2 Å². The Morgan fingerprint density at radius 3 is 2.47 bits per heavy atom. The third-order valence-corrected chi connectivity index (χ3v) is 9.22. The van der Waals surface area contributed by atoms with E-state index in [2.05, 4.69) is 0 Å². The standard InChI is InChI=1S/C25H29N3O5S/c1-25-16-20(19-6-2-3-7-21(19)33-25)22(23(26)29)24(30)28(25)15-12-17-8-10-18(11-9-17)34(31,32)27-13-4-5-14-27/h2-3,6-11,20,22H,4-5,12-16H2,1H3,(H2,26,29)/t20-,22+,25-/m0/s1. The van der Waals surface area contributed by atoms with Gasteiger partial charge in [0.15, 0.2) is 5.72 Å². The number of benzene rings is 2. The molecule has 3 aliphatic heterocycles. The highest BCUT2D eigenvalue weighted by Crippen LogP contribution is 2.50. The number of sulfonamides is 1. The molecule has 2 bridgehead atoms. The summed E-state index contributed by atoms with van der Waals surface area (Å²) >= 11 is 0. The second kappa shape index (κ2) is 8.39. The molecular formula is C25H29N3O5S. The van der Waals surface area contributed by atoms with Crippen LogP contribution in [-0.4, -0.2) is 54.8 Å². The van der Waals surface area contributed by atoms with Crippen molar-refractivity contribution in [3.05, 3.63) is 59.7 Å². The van der Waals surface area contributed by atoms with E-state index in [1.807, 2.05) is 31.2 Å². The molecule has 0 radical (unpaired) electrons. The Bertz CT molecular complexity index is 1220. The zero-order valence-corrected chi connectivity index (χ0v) is 20.0. The number of hydrogen-bond donors (Lipinski definition) is 1. The number of para-hydroxylation sites is 1. The second-order valence-corrected chi connectivity index (χ2v) is 11.4. The van der Waals surface area contributed by atoms with Gasteiger partial charge in [-0.05, 0) is 55.5 Å². The van der Waals surface area contributed by atoms with Crippen LogP contribution in [0.15, 0.2) is 53.4 Å². The molecule has 3 atom stereocenters. The number of hydrogen-bond acceptors (Lipinski definition) is 5. The molecule has 2 amide bonds. The summed E-state index contributed by atoms with van der Waals surface area (Å²) in [7, 11) is -3.47. The fourth-order valence-electron chi connectivity index (χ4n) is 5.53. The summed E-state index contributed by atoms with van der Waals surface area (Å²) in [5, 5.41) is 0. The number of likely N-dealkylation sites (tertiary alicyclic amines) is 1. The van der Waals surface area contributed by atoms with E-state index in [-0.39, 0.29) is 16.7 Å². The first-order chi connectivity index (χ1) is 16.2. The fourth-order valence-corrected chi connectivity index (χ4v) is 7.04. The second-order valence-electron chi connectivity index (χ2n) is 9.50. The molecule has 2 saturated heterocycles. The quantitative estimate of drug-likeness (QED) is 0.634. The number of nitrogens with zero attached hydrogens (tertiary/aromatic N) is 2. The maximum atomic E-state index is 13.4. The molecule has 0 saturated carbocycles. The van der Waals surface area contributed by atoms with Crippen LogP contribution in [0.2, 0.25) is 0 Å². The molecular weight excluding hydrogens is 454 g/mol. The minimum absolute atomic E-state index is 0.281. The molecule has 0 aromatic heterocycles. The summed E-state index contributed by atoms with van der Waals surface area (Å²) in [5.41, 5.74) is 6.53. The summed E-state index contributed by atoms with van der Waals surface area (Å²) < 4.78 is 33.3. The number of carbonyl (C=O) groups is 2. The molecule has 0 aliphatic carbocycles. The van der Waals surface area contributed by atoms with E-state index in [1.54, 1.807) is 29.2 Å². The van der Waals surface area contributed by atoms with Crippen LogP contribution in [0, 0.1) is 5.92 Å². The SMILES string of the molecule is C[C@@]12C[C@@H](c3ccccc3O1)[C@H](C(N)=O)C(=O)N2CCc1ccc(S(=O)(=O)N2CCCC2)cc1. The first kappa shape index (κ1) is 22.9. The molecule has 180 valence electrons. The van der Waals surface area contributed by atoms with Crippen molar-refractivity contribution in [2.75, 3.05) is 19.6 Å². The zero-order chi connectivity index (χ0) is 24.1. The van der Waals surface area contributed by atoms with Gasteiger partial charge in [0, 0.05) is 32.0 Å². The zero-order valence-electron chi connectivity index (χ0n) is 19.1. The van der Waals surface area contributed by atoms with E-state index in [9.17, 15) is 18.0 Å². The van der Waals surface area contributed by atoms with E-state index in [1.165, 1.54) is 4.31 Å². The Kier molecular flexibility index (Phi) is 5.64. The first-order valence-corrected chi connectivity index (χ1v) is 13.1. The normalized spacial score (nSPS) is 26.7. The van der Waals surface area contributed by atoms with Gasteiger partial charge in [-0.25, -0.2) is 8.42 Å². The van der Waals surface area contributed by atoms with Crippen LogP contribution >= 0.6 is 0 Å². The molecule has 2 fully saturated rings. The van der Waals surface area contributed by atoms with Gasteiger partial charge in [0.05, 0.1) is 4.90 Å². The topological polar surface area (TPSA) is 110 Å². The Morgan fingerprint density at radius 1 is 1.12 bits per heavy atom. The largest absolute Gasteiger partial charge is 0.468 e. The number of amides is 2.